The van der Waals surface area contributed by atoms with Gasteiger partial charge in [0.25, 0.3) is 0 Å². The summed E-state index contributed by atoms with van der Waals surface area (Å²) >= 11 is 0.781. The van der Waals surface area contributed by atoms with Crippen LogP contribution in [0.2, 0.25) is 0 Å². The topological polar surface area (TPSA) is 75.0 Å². The predicted octanol–water partition coefficient (Wildman–Crippen LogP) is 6.53. The Morgan fingerprint density at radius 2 is 1.80 bits per heavy atom. The molecule has 0 aliphatic rings. The van der Waals surface area contributed by atoms with E-state index in [2.05, 4.69) is 10.3 Å². The normalized spacial score (nSPS) is 11.2. The molecule has 0 spiro atoms. The zero-order chi connectivity index (χ0) is 25.0. The van der Waals surface area contributed by atoms with Crippen molar-refractivity contribution in [3.05, 3.63) is 83.9 Å². The Balaban J connectivity index is 1.63. The highest BCUT2D eigenvalue weighted by atomic mass is 32.2. The van der Waals surface area contributed by atoms with Crippen molar-refractivity contribution in [3.63, 3.8) is 0 Å². The minimum Gasteiger partial charge on any atom is -0.497 e. The van der Waals surface area contributed by atoms with Gasteiger partial charge in [0.15, 0.2) is 0 Å². The second-order valence-corrected chi connectivity index (χ2v) is 8.40. The number of nitrogens with zero attached hydrogens (tertiary/aromatic N) is 2. The summed E-state index contributed by atoms with van der Waals surface area (Å²) in [6, 6.07) is 21.8. The molecule has 0 fully saturated rings. The zero-order valence-electron chi connectivity index (χ0n) is 18.4. The summed E-state index contributed by atoms with van der Waals surface area (Å²) in [5.74, 6) is -0.118. The SMILES string of the molecule is COc1ccc(-c2cc(C(F)(F)F)c(C#N)c(SCC(=O)Nc3cccc4ccccc34)n2)cc1. The Kier molecular flexibility index (Phi) is 6.94. The van der Waals surface area contributed by atoms with Gasteiger partial charge in [0.2, 0.25) is 5.91 Å². The highest BCUT2D eigenvalue weighted by Crippen LogP contribution is 2.38. The second kappa shape index (κ2) is 10.1. The summed E-state index contributed by atoms with van der Waals surface area (Å²) in [5, 5.41) is 13.9. The van der Waals surface area contributed by atoms with Gasteiger partial charge in [-0.15, -0.1) is 0 Å². The van der Waals surface area contributed by atoms with Crippen LogP contribution in [0.5, 0.6) is 5.75 Å². The lowest BCUT2D eigenvalue weighted by atomic mass is 10.1. The monoisotopic (exact) mass is 493 g/mol. The summed E-state index contributed by atoms with van der Waals surface area (Å²) in [6.45, 7) is 0. The number of thioether (sulfide) groups is 1. The lowest BCUT2D eigenvalue weighted by molar-refractivity contribution is -0.138. The number of pyridine rings is 1. The lowest BCUT2D eigenvalue weighted by Crippen LogP contribution is -2.15. The van der Waals surface area contributed by atoms with E-state index >= 15 is 0 Å². The maximum absolute atomic E-state index is 13.8. The van der Waals surface area contributed by atoms with Crippen LogP contribution in [-0.2, 0) is 11.0 Å². The van der Waals surface area contributed by atoms with E-state index in [-0.39, 0.29) is 16.5 Å². The molecule has 4 aromatic rings. The first-order valence-corrected chi connectivity index (χ1v) is 11.4. The molecular weight excluding hydrogens is 475 g/mol. The number of aromatic nitrogens is 1. The highest BCUT2D eigenvalue weighted by Gasteiger charge is 2.36. The number of methoxy groups -OCH3 is 1. The molecule has 0 unspecified atom stereocenters. The molecular formula is C26H18F3N3O2S. The maximum atomic E-state index is 13.8. The summed E-state index contributed by atoms with van der Waals surface area (Å²) in [5.41, 5.74) is -0.667. The molecule has 0 aliphatic carbocycles. The van der Waals surface area contributed by atoms with Gasteiger partial charge < -0.3 is 10.1 Å². The van der Waals surface area contributed by atoms with E-state index in [1.54, 1.807) is 42.5 Å². The number of fused-ring (bicyclic) bond motifs is 1. The molecule has 3 aromatic carbocycles. The van der Waals surface area contributed by atoms with Crippen molar-refractivity contribution in [1.29, 1.82) is 5.26 Å². The van der Waals surface area contributed by atoms with Crippen LogP contribution in [0.25, 0.3) is 22.0 Å². The van der Waals surface area contributed by atoms with E-state index in [9.17, 15) is 23.2 Å². The van der Waals surface area contributed by atoms with Crippen molar-refractivity contribution in [2.45, 2.75) is 11.2 Å². The fourth-order valence-electron chi connectivity index (χ4n) is 3.52. The van der Waals surface area contributed by atoms with E-state index in [0.29, 0.717) is 17.0 Å². The second-order valence-electron chi connectivity index (χ2n) is 7.44. The molecule has 0 saturated carbocycles. The quantitative estimate of drug-likeness (QED) is 0.309. The number of carbonyl (C=O) groups excluding carboxylic acids is 1. The first kappa shape index (κ1) is 24.1. The third-order valence-corrected chi connectivity index (χ3v) is 6.17. The average molecular weight is 494 g/mol. The maximum Gasteiger partial charge on any atom is 0.417 e. The number of benzene rings is 3. The van der Waals surface area contributed by atoms with Crippen molar-refractivity contribution in [1.82, 2.24) is 4.98 Å². The third-order valence-electron chi connectivity index (χ3n) is 5.19. The van der Waals surface area contributed by atoms with E-state index < -0.39 is 23.2 Å². The number of ether oxygens (including phenoxy) is 1. The number of alkyl halides is 3. The van der Waals surface area contributed by atoms with Crippen LogP contribution in [-0.4, -0.2) is 23.8 Å². The lowest BCUT2D eigenvalue weighted by Gasteiger charge is -2.14. The molecule has 0 aliphatic heterocycles. The number of anilines is 1. The Hall–Kier alpha value is -4.03. The minimum atomic E-state index is -4.77. The van der Waals surface area contributed by atoms with Crippen LogP contribution in [0.3, 0.4) is 0 Å². The Bertz CT molecular complexity index is 1430. The van der Waals surface area contributed by atoms with Gasteiger partial charge in [-0.2, -0.15) is 18.4 Å². The third kappa shape index (κ3) is 5.39. The standard InChI is InChI=1S/C26H18F3N3O2S/c1-34-18-11-9-17(10-12-18)23-13-21(26(27,28)29)20(14-30)25(32-23)35-15-24(33)31-22-8-4-6-16-5-2-3-7-19(16)22/h2-13H,15H2,1H3,(H,31,33). The van der Waals surface area contributed by atoms with E-state index in [1.807, 2.05) is 30.3 Å². The summed E-state index contributed by atoms with van der Waals surface area (Å²) < 4.78 is 46.4. The number of nitriles is 1. The highest BCUT2D eigenvalue weighted by molar-refractivity contribution is 8.00. The summed E-state index contributed by atoms with van der Waals surface area (Å²) in [7, 11) is 1.48. The number of nitrogens with one attached hydrogen (secondary N) is 1. The Morgan fingerprint density at radius 1 is 1.09 bits per heavy atom. The number of halogens is 3. The van der Waals surface area contributed by atoms with Crippen LogP contribution in [0.15, 0.2) is 77.8 Å². The summed E-state index contributed by atoms with van der Waals surface area (Å²) in [6.07, 6.45) is -4.77. The largest absolute Gasteiger partial charge is 0.497 e. The van der Waals surface area contributed by atoms with Gasteiger partial charge in [-0.25, -0.2) is 4.98 Å². The van der Waals surface area contributed by atoms with Crippen LogP contribution in [0.4, 0.5) is 18.9 Å². The molecule has 1 N–H and O–H groups in total. The van der Waals surface area contributed by atoms with Gasteiger partial charge in [-0.3, -0.25) is 4.79 Å². The van der Waals surface area contributed by atoms with Crippen molar-refractivity contribution in [3.8, 4) is 23.1 Å². The molecule has 1 heterocycles. The van der Waals surface area contributed by atoms with Crippen LogP contribution in [0, 0.1) is 11.3 Å². The first-order valence-electron chi connectivity index (χ1n) is 10.4. The molecule has 9 heteroatoms. The van der Waals surface area contributed by atoms with Crippen molar-refractivity contribution in [2.24, 2.45) is 0 Å². The van der Waals surface area contributed by atoms with Crippen LogP contribution >= 0.6 is 11.8 Å². The number of rotatable bonds is 6. The number of carbonyl (C=O) groups is 1. The van der Waals surface area contributed by atoms with Crippen molar-refractivity contribution < 1.29 is 22.7 Å². The number of amides is 1. The first-order chi connectivity index (χ1) is 16.8. The molecule has 0 saturated heterocycles. The smallest absolute Gasteiger partial charge is 0.417 e. The molecule has 1 amide bonds. The van der Waals surface area contributed by atoms with Gasteiger partial charge in [0.05, 0.1) is 29.7 Å². The Morgan fingerprint density at radius 3 is 2.49 bits per heavy atom. The van der Waals surface area contributed by atoms with Crippen molar-refractivity contribution >= 4 is 34.1 Å². The molecule has 0 bridgehead atoms. The van der Waals surface area contributed by atoms with Gasteiger partial charge in [0, 0.05) is 16.6 Å². The Labute approximate surface area is 203 Å². The molecule has 1 aromatic heterocycles. The van der Waals surface area contributed by atoms with Crippen LogP contribution < -0.4 is 10.1 Å². The molecule has 4 rings (SSSR count). The van der Waals surface area contributed by atoms with Crippen LogP contribution in [0.1, 0.15) is 11.1 Å². The van der Waals surface area contributed by atoms with Crippen molar-refractivity contribution in [2.75, 3.05) is 18.2 Å². The average Bonchev–Trinajstić information content (AvgIpc) is 2.86. The van der Waals surface area contributed by atoms with E-state index in [0.717, 1.165) is 28.6 Å². The fourth-order valence-corrected chi connectivity index (χ4v) is 4.32. The summed E-state index contributed by atoms with van der Waals surface area (Å²) in [4.78, 5) is 16.9. The molecule has 35 heavy (non-hydrogen) atoms. The molecule has 0 radical (unpaired) electrons. The number of hydrogen-bond donors (Lipinski definition) is 1. The molecule has 5 nitrogen and oxygen atoms in total. The van der Waals surface area contributed by atoms with Gasteiger partial charge in [-0.1, -0.05) is 48.2 Å². The fraction of sp³-hybridized carbons (Fsp3) is 0.115. The predicted molar refractivity (Wildman–Crippen MR) is 129 cm³/mol. The molecule has 0 atom stereocenters. The van der Waals surface area contributed by atoms with Gasteiger partial charge >= 0.3 is 6.18 Å². The minimum absolute atomic E-state index is 0.0379. The number of hydrogen-bond acceptors (Lipinski definition) is 5. The molecule has 176 valence electrons. The van der Waals surface area contributed by atoms with E-state index in [1.165, 1.54) is 7.11 Å². The van der Waals surface area contributed by atoms with E-state index in [4.69, 9.17) is 4.74 Å². The zero-order valence-corrected chi connectivity index (χ0v) is 19.2. The van der Waals surface area contributed by atoms with Gasteiger partial charge in [-0.05, 0) is 41.8 Å². The van der Waals surface area contributed by atoms with Gasteiger partial charge in [0.1, 0.15) is 16.8 Å².